The van der Waals surface area contributed by atoms with Gasteiger partial charge >= 0.3 is 0 Å². The highest BCUT2D eigenvalue weighted by Crippen LogP contribution is 2.20. The molecule has 0 atom stereocenters. The number of hydrogen-bond acceptors (Lipinski definition) is 5. The third-order valence-corrected chi connectivity index (χ3v) is 2.34. The molecule has 1 N–H and O–H groups in total. The van der Waals surface area contributed by atoms with Gasteiger partial charge in [-0.3, -0.25) is 0 Å². The lowest BCUT2D eigenvalue weighted by molar-refractivity contribution is 0.128. The maximum atomic E-state index is 5.35. The van der Waals surface area contributed by atoms with Crippen LogP contribution in [0.3, 0.4) is 0 Å². The van der Waals surface area contributed by atoms with E-state index in [1.165, 1.54) is 0 Å². The maximum Gasteiger partial charge on any atom is 0.157 e. The van der Waals surface area contributed by atoms with Crippen LogP contribution in [0.25, 0.3) is 11.5 Å². The van der Waals surface area contributed by atoms with Crippen LogP contribution in [0.2, 0.25) is 0 Å². The van der Waals surface area contributed by atoms with Gasteiger partial charge in [0, 0.05) is 19.2 Å². The van der Waals surface area contributed by atoms with E-state index in [1.54, 1.807) is 6.26 Å². The van der Waals surface area contributed by atoms with Crippen LogP contribution in [0.15, 0.2) is 28.9 Å². The molecule has 0 aliphatic carbocycles. The Balaban J connectivity index is 2.30. The monoisotopic (exact) mass is 247 g/mol. The Morgan fingerprint density at radius 2 is 2.22 bits per heavy atom. The number of ether oxygens (including phenoxy) is 1. The van der Waals surface area contributed by atoms with Gasteiger partial charge in [-0.15, -0.1) is 0 Å². The quantitative estimate of drug-likeness (QED) is 0.850. The summed E-state index contributed by atoms with van der Waals surface area (Å²) in [6.45, 7) is 5.83. The van der Waals surface area contributed by atoms with E-state index in [-0.39, 0.29) is 0 Å². The highest BCUT2D eigenvalue weighted by atomic mass is 16.5. The molecule has 0 saturated carbocycles. The second kappa shape index (κ2) is 6.16. The molecule has 2 aromatic heterocycles. The number of hydrogen-bond donors (Lipinski definition) is 1. The average molecular weight is 247 g/mol. The van der Waals surface area contributed by atoms with Crippen molar-refractivity contribution in [3.8, 4) is 11.5 Å². The zero-order chi connectivity index (χ0) is 12.8. The third kappa shape index (κ3) is 3.07. The molecule has 0 aliphatic rings. The van der Waals surface area contributed by atoms with Gasteiger partial charge in [-0.25, -0.2) is 9.97 Å². The maximum absolute atomic E-state index is 5.35. The van der Waals surface area contributed by atoms with Crippen molar-refractivity contribution in [2.45, 2.75) is 20.5 Å². The van der Waals surface area contributed by atoms with E-state index in [0.29, 0.717) is 19.0 Å². The summed E-state index contributed by atoms with van der Waals surface area (Å²) < 4.78 is 10.7. The van der Waals surface area contributed by atoms with Crippen molar-refractivity contribution in [2.75, 3.05) is 18.5 Å². The summed E-state index contributed by atoms with van der Waals surface area (Å²) in [5.41, 5.74) is 0.764. The van der Waals surface area contributed by atoms with Crippen LogP contribution in [-0.4, -0.2) is 23.1 Å². The molecule has 2 heterocycles. The van der Waals surface area contributed by atoms with Crippen LogP contribution >= 0.6 is 0 Å². The van der Waals surface area contributed by atoms with Crippen LogP contribution in [0.1, 0.15) is 19.7 Å². The van der Waals surface area contributed by atoms with Gasteiger partial charge in [0.25, 0.3) is 0 Å². The minimum atomic E-state index is 0.406. The number of nitrogens with zero attached hydrogens (tertiary/aromatic N) is 2. The molecule has 0 spiro atoms. The number of aromatic nitrogens is 2. The molecule has 0 fully saturated rings. The molecule has 0 saturated heterocycles. The fraction of sp³-hybridized carbons (Fsp3) is 0.385. The Labute approximate surface area is 106 Å². The average Bonchev–Trinajstić information content (AvgIpc) is 2.90. The number of rotatable bonds is 6. The minimum Gasteiger partial charge on any atom is -0.463 e. The lowest BCUT2D eigenvalue weighted by Crippen LogP contribution is -2.06. The fourth-order valence-electron chi connectivity index (χ4n) is 1.58. The van der Waals surface area contributed by atoms with Gasteiger partial charge in [0.05, 0.1) is 6.26 Å². The molecule has 0 bridgehead atoms. The third-order valence-electron chi connectivity index (χ3n) is 2.34. The molecule has 0 amide bonds. The number of nitrogens with one attached hydrogen (secondary N) is 1. The predicted octanol–water partition coefficient (Wildman–Crippen LogP) is 2.70. The van der Waals surface area contributed by atoms with E-state index < -0.39 is 0 Å². The van der Waals surface area contributed by atoms with Crippen molar-refractivity contribution >= 4 is 5.82 Å². The molecular weight excluding hydrogens is 230 g/mol. The first-order valence-corrected chi connectivity index (χ1v) is 6.07. The van der Waals surface area contributed by atoms with Gasteiger partial charge in [-0.1, -0.05) is 0 Å². The molecule has 2 aromatic rings. The highest BCUT2D eigenvalue weighted by Gasteiger charge is 2.08. The Bertz CT molecular complexity index is 483. The molecule has 96 valence electrons. The summed E-state index contributed by atoms with van der Waals surface area (Å²) in [7, 11) is 0. The van der Waals surface area contributed by atoms with Crippen LogP contribution in [-0.2, 0) is 11.3 Å². The van der Waals surface area contributed by atoms with Crippen molar-refractivity contribution in [3.05, 3.63) is 30.3 Å². The van der Waals surface area contributed by atoms with Crippen molar-refractivity contribution in [2.24, 2.45) is 0 Å². The van der Waals surface area contributed by atoms with Crippen LogP contribution in [0, 0.1) is 0 Å². The topological polar surface area (TPSA) is 60.2 Å². The van der Waals surface area contributed by atoms with Gasteiger partial charge in [-0.05, 0) is 26.0 Å². The lowest BCUT2D eigenvalue weighted by Gasteiger charge is -2.07. The molecule has 2 rings (SSSR count). The predicted molar refractivity (Wildman–Crippen MR) is 69.2 cm³/mol. The molecule has 18 heavy (non-hydrogen) atoms. The summed E-state index contributed by atoms with van der Waals surface area (Å²) in [5, 5.41) is 3.18. The summed E-state index contributed by atoms with van der Waals surface area (Å²) in [5.74, 6) is 2.17. The zero-order valence-electron chi connectivity index (χ0n) is 10.6. The van der Waals surface area contributed by atoms with E-state index in [1.807, 2.05) is 32.0 Å². The molecule has 5 heteroatoms. The van der Waals surface area contributed by atoms with E-state index >= 15 is 0 Å². The summed E-state index contributed by atoms with van der Waals surface area (Å²) in [6.07, 6.45) is 1.63. The Morgan fingerprint density at radius 3 is 2.89 bits per heavy atom. The minimum absolute atomic E-state index is 0.406. The SMILES string of the molecule is CCNc1cc(-c2ccco2)nc(COCC)n1. The molecule has 0 radical (unpaired) electrons. The van der Waals surface area contributed by atoms with Crippen molar-refractivity contribution < 1.29 is 9.15 Å². The number of anilines is 1. The smallest absolute Gasteiger partial charge is 0.157 e. The fourth-order valence-corrected chi connectivity index (χ4v) is 1.58. The normalized spacial score (nSPS) is 10.6. The second-order valence-electron chi connectivity index (χ2n) is 3.70. The second-order valence-corrected chi connectivity index (χ2v) is 3.70. The molecule has 0 unspecified atom stereocenters. The standard InChI is InChI=1S/C13H17N3O2/c1-3-14-12-8-10(11-6-5-7-18-11)15-13(16-12)9-17-4-2/h5-8H,3-4,9H2,1-2H3,(H,14,15,16). The molecule has 5 nitrogen and oxygen atoms in total. The van der Waals surface area contributed by atoms with Gasteiger partial charge in [0.2, 0.25) is 0 Å². The van der Waals surface area contributed by atoms with Crippen molar-refractivity contribution in [3.63, 3.8) is 0 Å². The van der Waals surface area contributed by atoms with Crippen LogP contribution in [0.5, 0.6) is 0 Å². The zero-order valence-corrected chi connectivity index (χ0v) is 10.6. The highest BCUT2D eigenvalue weighted by molar-refractivity contribution is 5.56. The Hall–Kier alpha value is -1.88. The van der Waals surface area contributed by atoms with E-state index in [9.17, 15) is 0 Å². The van der Waals surface area contributed by atoms with E-state index in [4.69, 9.17) is 9.15 Å². The van der Waals surface area contributed by atoms with Gasteiger partial charge < -0.3 is 14.5 Å². The van der Waals surface area contributed by atoms with Crippen LogP contribution < -0.4 is 5.32 Å². The van der Waals surface area contributed by atoms with Crippen molar-refractivity contribution in [1.29, 1.82) is 0 Å². The molecular formula is C13H17N3O2. The largest absolute Gasteiger partial charge is 0.463 e. The first-order valence-electron chi connectivity index (χ1n) is 6.07. The first-order chi connectivity index (χ1) is 8.83. The van der Waals surface area contributed by atoms with Gasteiger partial charge in [0.15, 0.2) is 11.6 Å². The summed E-state index contributed by atoms with van der Waals surface area (Å²) in [4.78, 5) is 8.81. The summed E-state index contributed by atoms with van der Waals surface area (Å²) >= 11 is 0. The summed E-state index contributed by atoms with van der Waals surface area (Å²) in [6, 6.07) is 5.59. The van der Waals surface area contributed by atoms with Crippen molar-refractivity contribution in [1.82, 2.24) is 9.97 Å². The Morgan fingerprint density at radius 1 is 1.33 bits per heavy atom. The van der Waals surface area contributed by atoms with E-state index in [2.05, 4.69) is 15.3 Å². The van der Waals surface area contributed by atoms with Gasteiger partial charge in [0.1, 0.15) is 18.1 Å². The molecule has 0 aromatic carbocycles. The van der Waals surface area contributed by atoms with Gasteiger partial charge in [-0.2, -0.15) is 0 Å². The first kappa shape index (κ1) is 12.6. The molecule has 0 aliphatic heterocycles. The number of furan rings is 1. The lowest BCUT2D eigenvalue weighted by atomic mass is 10.3. The van der Waals surface area contributed by atoms with Crippen LogP contribution in [0.4, 0.5) is 5.82 Å². The van der Waals surface area contributed by atoms with E-state index in [0.717, 1.165) is 23.8 Å². The Kier molecular flexibility index (Phi) is 4.30.